The number of nitrogens with one attached hydrogen (secondary N) is 1. The van der Waals surface area contributed by atoms with Crippen molar-refractivity contribution in [1.29, 1.82) is 0 Å². The van der Waals surface area contributed by atoms with E-state index in [4.69, 9.17) is 32.7 Å². The summed E-state index contributed by atoms with van der Waals surface area (Å²) in [6.07, 6.45) is 3.77. The van der Waals surface area contributed by atoms with Crippen molar-refractivity contribution in [1.82, 2.24) is 19.5 Å². The molecule has 2 aromatic heterocycles. The largest absolute Gasteiger partial charge is 0.619 e. The number of rotatable bonds is 12. The van der Waals surface area contributed by atoms with E-state index in [0.717, 1.165) is 47.6 Å². The summed E-state index contributed by atoms with van der Waals surface area (Å²) in [5, 5.41) is 15.9. The molecule has 226 valence electrons. The number of benzene rings is 1. The molecule has 3 aromatic rings. The second-order valence-corrected chi connectivity index (χ2v) is 13.2. The minimum atomic E-state index is -4.21. The number of hydrogen-bond donors (Lipinski definition) is 1. The van der Waals surface area contributed by atoms with Crippen LogP contribution in [0, 0.1) is 11.1 Å². The van der Waals surface area contributed by atoms with E-state index in [2.05, 4.69) is 19.9 Å². The van der Waals surface area contributed by atoms with E-state index in [1.807, 2.05) is 0 Å². The summed E-state index contributed by atoms with van der Waals surface area (Å²) < 4.78 is 70.0. The Morgan fingerprint density at radius 2 is 1.98 bits per heavy atom. The fraction of sp³-hybridized carbons (Fsp3) is 0.417. The van der Waals surface area contributed by atoms with Crippen LogP contribution in [0.25, 0.3) is 0 Å². The minimum Gasteiger partial charge on any atom is -0.619 e. The first-order chi connectivity index (χ1) is 20.0. The zero-order valence-electron chi connectivity index (χ0n) is 21.5. The Morgan fingerprint density at radius 1 is 1.24 bits per heavy atom. The van der Waals surface area contributed by atoms with E-state index < -0.39 is 39.2 Å². The third-order valence-electron chi connectivity index (χ3n) is 6.43. The molecule has 1 saturated carbocycles. The van der Waals surface area contributed by atoms with Crippen LogP contribution in [0.1, 0.15) is 30.1 Å². The van der Waals surface area contributed by atoms with Crippen molar-refractivity contribution >= 4 is 51.0 Å². The van der Waals surface area contributed by atoms with Gasteiger partial charge in [0.2, 0.25) is 0 Å². The molecule has 0 unspecified atom stereocenters. The lowest BCUT2D eigenvalue weighted by Crippen LogP contribution is -2.41. The first kappa shape index (κ1) is 30.5. The molecule has 0 bridgehead atoms. The van der Waals surface area contributed by atoms with Gasteiger partial charge >= 0.3 is 12.6 Å². The molecule has 18 heteroatoms. The molecule has 1 aliphatic heterocycles. The third-order valence-corrected chi connectivity index (χ3v) is 10.1. The Kier molecular flexibility index (Phi) is 9.27. The normalized spacial score (nSPS) is 18.3. The molecule has 3 heterocycles. The minimum absolute atomic E-state index is 0.00756. The number of carbonyl (C=O) groups excluding carboxylic acids is 1. The molecule has 5 rings (SSSR count). The fourth-order valence-corrected chi connectivity index (χ4v) is 7.64. The molecule has 2 fully saturated rings. The summed E-state index contributed by atoms with van der Waals surface area (Å²) in [7, 11) is -4.21. The summed E-state index contributed by atoms with van der Waals surface area (Å²) in [6, 6.07) is 4.07. The van der Waals surface area contributed by atoms with Gasteiger partial charge in [-0.2, -0.15) is 22.9 Å². The van der Waals surface area contributed by atoms with E-state index >= 15 is 0 Å². The second-order valence-electron chi connectivity index (χ2n) is 9.39. The van der Waals surface area contributed by atoms with Crippen molar-refractivity contribution in [2.75, 3.05) is 18.9 Å². The number of aromatic amines is 1. The summed E-state index contributed by atoms with van der Waals surface area (Å²) in [6.45, 7) is -2.82. The number of nitrogens with zero attached hydrogens (tertiary/aromatic N) is 4. The maximum atomic E-state index is 13.5. The maximum absolute atomic E-state index is 13.5. The van der Waals surface area contributed by atoms with Gasteiger partial charge in [0.05, 0.1) is 6.61 Å². The van der Waals surface area contributed by atoms with Gasteiger partial charge in [-0.1, -0.05) is 29.3 Å². The molecule has 12 nitrogen and oxygen atoms in total. The van der Waals surface area contributed by atoms with Crippen LogP contribution in [0.4, 0.5) is 8.78 Å². The van der Waals surface area contributed by atoms with Gasteiger partial charge in [0, 0.05) is 24.3 Å². The Balaban J connectivity index is 1.47. The molecule has 2 aliphatic rings. The fourth-order valence-electron chi connectivity index (χ4n) is 4.18. The molecule has 1 saturated heterocycles. The van der Waals surface area contributed by atoms with Gasteiger partial charge in [-0.05, 0) is 36.5 Å². The topological polar surface area (TPSA) is 151 Å². The Hall–Kier alpha value is -2.92. The maximum Gasteiger partial charge on any atom is 0.387 e. The average Bonchev–Trinajstić information content (AvgIpc) is 3.36. The number of sulfonamides is 1. The summed E-state index contributed by atoms with van der Waals surface area (Å²) >= 11 is 13.6. The molecule has 0 radical (unpaired) electrons. The molecule has 1 N–H and O–H groups in total. The first-order valence-electron chi connectivity index (χ1n) is 12.5. The lowest BCUT2D eigenvalue weighted by atomic mass is 10.0. The number of carbonyl (C=O) groups is 1. The van der Waals surface area contributed by atoms with Gasteiger partial charge in [-0.25, -0.2) is 23.3 Å². The van der Waals surface area contributed by atoms with Gasteiger partial charge in [0.25, 0.3) is 15.2 Å². The Bertz CT molecular complexity index is 1520. The van der Waals surface area contributed by atoms with Crippen LogP contribution in [0.3, 0.4) is 0 Å². The first-order valence-corrected chi connectivity index (χ1v) is 15.7. The predicted molar refractivity (Wildman–Crippen MR) is 146 cm³/mol. The molecular weight excluding hydrogens is 643 g/mol. The van der Waals surface area contributed by atoms with E-state index in [9.17, 15) is 27.2 Å². The third kappa shape index (κ3) is 6.99. The standard InChI is InChI=1S/C24H23Cl2F2N5O7S2/c25-16-9-32(35)10-17(26)15(16)8-19(14-3-4-18(40-23(27)28)20(7-14)38-11-13-1-2-13)39-22(34)21-33(5-6-41-21)42(36,37)24-29-12-30-31-24/h3-4,7,9-10,12-13,19,21,23H,1-2,5-6,8,11H2,(H,29,30,31)/t19-,21+/m0/s1. The number of alkyl halides is 2. The van der Waals surface area contributed by atoms with Crippen LogP contribution in [0.2, 0.25) is 10.0 Å². The number of H-pyrrole nitrogens is 1. The van der Waals surface area contributed by atoms with Gasteiger partial charge in [-0.15, -0.1) is 11.8 Å². The second kappa shape index (κ2) is 12.8. The van der Waals surface area contributed by atoms with E-state index in [0.29, 0.717) is 22.0 Å². The van der Waals surface area contributed by atoms with Gasteiger partial charge in [0.15, 0.2) is 29.3 Å². The molecule has 1 aliphatic carbocycles. The SMILES string of the molecule is O=C(O[C@@H](Cc1c(Cl)c[n+]([O-])cc1Cl)c1ccc(OC(F)F)c(OCC2CC2)c1)[C@H]1SCCN1S(=O)(=O)c1ncn[nH]1. The Labute approximate surface area is 252 Å². The van der Waals surface area contributed by atoms with E-state index in [1.54, 1.807) is 0 Å². The number of hydrogen-bond acceptors (Lipinski definition) is 10. The number of halogens is 4. The van der Waals surface area contributed by atoms with Crippen LogP contribution in [0.5, 0.6) is 11.5 Å². The smallest absolute Gasteiger partial charge is 0.387 e. The highest BCUT2D eigenvalue weighted by atomic mass is 35.5. The van der Waals surface area contributed by atoms with Crippen LogP contribution in [0.15, 0.2) is 42.1 Å². The van der Waals surface area contributed by atoms with Crippen molar-refractivity contribution in [3.63, 3.8) is 0 Å². The number of ether oxygens (including phenoxy) is 3. The number of thioether (sulfide) groups is 1. The van der Waals surface area contributed by atoms with Crippen molar-refractivity contribution in [3.8, 4) is 11.5 Å². The van der Waals surface area contributed by atoms with Crippen LogP contribution in [-0.4, -0.2) is 64.8 Å². The number of esters is 1. The molecular formula is C24H23Cl2F2N5O7S2. The van der Waals surface area contributed by atoms with E-state index in [1.165, 1.54) is 18.2 Å². The molecule has 2 atom stereocenters. The monoisotopic (exact) mass is 665 g/mol. The molecule has 42 heavy (non-hydrogen) atoms. The summed E-state index contributed by atoms with van der Waals surface area (Å²) in [5.74, 6) is -0.511. The van der Waals surface area contributed by atoms with Crippen molar-refractivity contribution in [3.05, 3.63) is 63.3 Å². The van der Waals surface area contributed by atoms with Crippen LogP contribution in [-0.2, 0) is 26.0 Å². The highest BCUT2D eigenvalue weighted by Crippen LogP contribution is 2.39. The molecule has 1 aromatic carbocycles. The quantitative estimate of drug-likeness (QED) is 0.172. The average molecular weight is 667 g/mol. The predicted octanol–water partition coefficient (Wildman–Crippen LogP) is 3.73. The van der Waals surface area contributed by atoms with Crippen molar-refractivity contribution < 1.29 is 40.9 Å². The van der Waals surface area contributed by atoms with Gasteiger partial charge < -0.3 is 19.4 Å². The molecule has 0 amide bonds. The number of aromatic nitrogens is 4. The van der Waals surface area contributed by atoms with Gasteiger partial charge in [0.1, 0.15) is 22.5 Å². The lowest BCUT2D eigenvalue weighted by Gasteiger charge is -2.25. The van der Waals surface area contributed by atoms with Crippen LogP contribution >= 0.6 is 35.0 Å². The zero-order valence-corrected chi connectivity index (χ0v) is 24.6. The lowest BCUT2D eigenvalue weighted by molar-refractivity contribution is -0.605. The van der Waals surface area contributed by atoms with Crippen LogP contribution < -0.4 is 14.2 Å². The summed E-state index contributed by atoms with van der Waals surface area (Å²) in [5.41, 5.74) is 0.566. The van der Waals surface area contributed by atoms with Crippen molar-refractivity contribution in [2.24, 2.45) is 5.92 Å². The Morgan fingerprint density at radius 3 is 2.62 bits per heavy atom. The van der Waals surface area contributed by atoms with E-state index in [-0.39, 0.29) is 46.7 Å². The highest BCUT2D eigenvalue weighted by Gasteiger charge is 2.43. The number of pyridine rings is 1. The van der Waals surface area contributed by atoms with Crippen molar-refractivity contribution in [2.45, 2.75) is 42.5 Å². The zero-order chi connectivity index (χ0) is 30.0. The summed E-state index contributed by atoms with van der Waals surface area (Å²) in [4.78, 5) is 17.2. The molecule has 0 spiro atoms. The highest BCUT2D eigenvalue weighted by molar-refractivity contribution is 8.02. The van der Waals surface area contributed by atoms with Gasteiger partial charge in [-0.3, -0.25) is 0 Å².